The van der Waals surface area contributed by atoms with Crippen molar-refractivity contribution in [3.8, 4) is 0 Å². The molecule has 0 atom stereocenters. The molecule has 0 spiro atoms. The largest absolute Gasteiger partial charge is 0.362 e. The van der Waals surface area contributed by atoms with Gasteiger partial charge in [-0.25, -0.2) is 9.78 Å². The van der Waals surface area contributed by atoms with Gasteiger partial charge in [-0.3, -0.25) is 0 Å². The highest BCUT2D eigenvalue weighted by molar-refractivity contribution is 5.97. The molecule has 0 saturated carbocycles. The van der Waals surface area contributed by atoms with Crippen molar-refractivity contribution < 1.29 is 4.79 Å². The highest BCUT2D eigenvalue weighted by Gasteiger charge is 2.17. The molecule has 0 radical (unpaired) electrons. The molecule has 0 aliphatic carbocycles. The van der Waals surface area contributed by atoms with E-state index < -0.39 is 0 Å². The third kappa shape index (κ3) is 2.77. The predicted octanol–water partition coefficient (Wildman–Crippen LogP) is 2.93. The number of fused-ring (bicyclic) bond motifs is 1. The molecule has 1 N–H and O–H groups in total. The third-order valence-corrected chi connectivity index (χ3v) is 3.81. The number of nitrogens with one attached hydrogen (secondary N) is 1. The average Bonchev–Trinajstić information content (AvgIpc) is 3.00. The van der Waals surface area contributed by atoms with Crippen molar-refractivity contribution in [3.05, 3.63) is 30.5 Å². The van der Waals surface area contributed by atoms with Crippen molar-refractivity contribution in [1.82, 2.24) is 9.88 Å². The summed E-state index contributed by atoms with van der Waals surface area (Å²) in [6, 6.07) is 7.90. The maximum absolute atomic E-state index is 12.1. The minimum absolute atomic E-state index is 0.00580. The van der Waals surface area contributed by atoms with Gasteiger partial charge in [0.1, 0.15) is 5.82 Å². The predicted molar refractivity (Wildman–Crippen MR) is 85.9 cm³/mol. The van der Waals surface area contributed by atoms with E-state index in [1.165, 1.54) is 0 Å². The molecule has 5 heteroatoms. The third-order valence-electron chi connectivity index (χ3n) is 3.81. The molecule has 2 heterocycles. The second-order valence-corrected chi connectivity index (χ2v) is 5.59. The molecule has 0 unspecified atom stereocenters. The number of aromatic nitrogens is 1. The molecule has 3 rings (SSSR count). The van der Waals surface area contributed by atoms with Crippen LogP contribution in [0.3, 0.4) is 0 Å². The first-order chi connectivity index (χ1) is 10.1. The van der Waals surface area contributed by atoms with Crippen LogP contribution >= 0.6 is 0 Å². The quantitative estimate of drug-likeness (QED) is 0.922. The first kappa shape index (κ1) is 13.7. The van der Waals surface area contributed by atoms with Crippen LogP contribution in [0.4, 0.5) is 16.3 Å². The lowest BCUT2D eigenvalue weighted by molar-refractivity contribution is 0.222. The molecule has 21 heavy (non-hydrogen) atoms. The van der Waals surface area contributed by atoms with Crippen LogP contribution in [0.5, 0.6) is 0 Å². The standard InChI is InChI=1S/C16H20N4O/c1-19(2)15-14-6-5-13(11-12(14)7-8-17-15)18-16(21)20-9-3-4-10-20/h5-8,11H,3-4,9-10H2,1-2H3,(H,18,21). The van der Waals surface area contributed by atoms with Crippen molar-refractivity contribution in [3.63, 3.8) is 0 Å². The number of rotatable bonds is 2. The van der Waals surface area contributed by atoms with Gasteiger partial charge in [-0.2, -0.15) is 0 Å². The van der Waals surface area contributed by atoms with Crippen LogP contribution < -0.4 is 10.2 Å². The highest BCUT2D eigenvalue weighted by Crippen LogP contribution is 2.26. The van der Waals surface area contributed by atoms with Crippen molar-refractivity contribution in [1.29, 1.82) is 0 Å². The van der Waals surface area contributed by atoms with Gasteiger partial charge in [0.15, 0.2) is 0 Å². The Balaban J connectivity index is 1.86. The summed E-state index contributed by atoms with van der Waals surface area (Å²) in [6.45, 7) is 1.71. The van der Waals surface area contributed by atoms with Crippen LogP contribution in [0.25, 0.3) is 10.8 Å². The Morgan fingerprint density at radius 3 is 2.71 bits per heavy atom. The van der Waals surface area contributed by atoms with Crippen LogP contribution in [-0.2, 0) is 0 Å². The molecule has 110 valence electrons. The Morgan fingerprint density at radius 1 is 1.24 bits per heavy atom. The van der Waals surface area contributed by atoms with Crippen LogP contribution in [0.15, 0.2) is 30.5 Å². The lowest BCUT2D eigenvalue weighted by Crippen LogP contribution is -2.32. The number of carbonyl (C=O) groups is 1. The van der Waals surface area contributed by atoms with Crippen LogP contribution in [-0.4, -0.2) is 43.1 Å². The summed E-state index contributed by atoms with van der Waals surface area (Å²) in [5, 5.41) is 5.14. The van der Waals surface area contributed by atoms with Gasteiger partial charge in [-0.1, -0.05) is 0 Å². The summed E-state index contributed by atoms with van der Waals surface area (Å²) in [5.41, 5.74) is 0.829. The summed E-state index contributed by atoms with van der Waals surface area (Å²) >= 11 is 0. The van der Waals surface area contributed by atoms with E-state index >= 15 is 0 Å². The molecule has 1 saturated heterocycles. The van der Waals surface area contributed by atoms with Crippen LogP contribution in [0.2, 0.25) is 0 Å². The Hall–Kier alpha value is -2.30. The lowest BCUT2D eigenvalue weighted by atomic mass is 10.1. The van der Waals surface area contributed by atoms with Gasteiger partial charge in [-0.05, 0) is 42.5 Å². The number of urea groups is 1. The van der Waals surface area contributed by atoms with Crippen LogP contribution in [0, 0.1) is 0 Å². The van der Waals surface area contributed by atoms with Crippen molar-refractivity contribution in [2.24, 2.45) is 0 Å². The summed E-state index contributed by atoms with van der Waals surface area (Å²) in [6.07, 6.45) is 4.00. The molecular formula is C16H20N4O. The van der Waals surface area contributed by atoms with E-state index in [4.69, 9.17) is 0 Å². The van der Waals surface area contributed by atoms with E-state index in [9.17, 15) is 4.79 Å². The van der Waals surface area contributed by atoms with E-state index in [0.717, 1.165) is 48.2 Å². The SMILES string of the molecule is CN(C)c1nccc2cc(NC(=O)N3CCCC3)ccc12. The Bertz CT molecular complexity index is 662. The molecule has 1 fully saturated rings. The van der Waals surface area contributed by atoms with E-state index in [0.29, 0.717) is 0 Å². The van der Waals surface area contributed by atoms with Crippen molar-refractivity contribution in [2.75, 3.05) is 37.4 Å². The molecule has 1 aromatic carbocycles. The van der Waals surface area contributed by atoms with E-state index in [-0.39, 0.29) is 6.03 Å². The van der Waals surface area contributed by atoms with Crippen molar-refractivity contribution in [2.45, 2.75) is 12.8 Å². The summed E-state index contributed by atoms with van der Waals surface area (Å²) < 4.78 is 0. The fraction of sp³-hybridized carbons (Fsp3) is 0.375. The number of anilines is 2. The van der Waals surface area contributed by atoms with Gasteiger partial charge < -0.3 is 15.1 Å². The zero-order valence-electron chi connectivity index (χ0n) is 12.5. The van der Waals surface area contributed by atoms with Gasteiger partial charge in [-0.15, -0.1) is 0 Å². The molecule has 1 aliphatic heterocycles. The number of benzene rings is 1. The van der Waals surface area contributed by atoms with E-state index in [1.54, 1.807) is 6.20 Å². The van der Waals surface area contributed by atoms with Gasteiger partial charge in [0.25, 0.3) is 0 Å². The first-order valence-corrected chi connectivity index (χ1v) is 7.27. The fourth-order valence-electron chi connectivity index (χ4n) is 2.72. The Labute approximate surface area is 124 Å². The summed E-state index contributed by atoms with van der Waals surface area (Å²) in [4.78, 5) is 20.4. The topological polar surface area (TPSA) is 48.5 Å². The zero-order chi connectivity index (χ0) is 14.8. The number of hydrogen-bond acceptors (Lipinski definition) is 3. The monoisotopic (exact) mass is 284 g/mol. The molecule has 2 aromatic rings. The Morgan fingerprint density at radius 2 is 2.00 bits per heavy atom. The van der Waals surface area contributed by atoms with Crippen LogP contribution in [0.1, 0.15) is 12.8 Å². The second kappa shape index (κ2) is 5.60. The number of nitrogens with zero attached hydrogens (tertiary/aromatic N) is 3. The lowest BCUT2D eigenvalue weighted by Gasteiger charge is -2.17. The summed E-state index contributed by atoms with van der Waals surface area (Å²) in [5.74, 6) is 0.935. The molecule has 1 aliphatic rings. The minimum Gasteiger partial charge on any atom is -0.362 e. The number of likely N-dealkylation sites (tertiary alicyclic amines) is 1. The second-order valence-electron chi connectivity index (χ2n) is 5.59. The molecule has 0 bridgehead atoms. The fourth-order valence-corrected chi connectivity index (χ4v) is 2.72. The molecule has 5 nitrogen and oxygen atoms in total. The van der Waals surface area contributed by atoms with Gasteiger partial charge in [0, 0.05) is 44.5 Å². The van der Waals surface area contributed by atoms with Gasteiger partial charge in [0.05, 0.1) is 0 Å². The summed E-state index contributed by atoms with van der Waals surface area (Å²) in [7, 11) is 3.95. The highest BCUT2D eigenvalue weighted by atomic mass is 16.2. The Kier molecular flexibility index (Phi) is 3.64. The number of carbonyl (C=O) groups excluding carboxylic acids is 1. The number of amides is 2. The maximum atomic E-state index is 12.1. The minimum atomic E-state index is -0.00580. The van der Waals surface area contributed by atoms with Gasteiger partial charge >= 0.3 is 6.03 Å². The number of pyridine rings is 1. The number of hydrogen-bond donors (Lipinski definition) is 1. The van der Waals surface area contributed by atoms with E-state index in [1.807, 2.05) is 48.2 Å². The zero-order valence-corrected chi connectivity index (χ0v) is 12.5. The average molecular weight is 284 g/mol. The normalized spacial score (nSPS) is 14.5. The van der Waals surface area contributed by atoms with Crippen molar-refractivity contribution >= 4 is 28.3 Å². The van der Waals surface area contributed by atoms with E-state index in [2.05, 4.69) is 10.3 Å². The molecular weight excluding hydrogens is 264 g/mol. The maximum Gasteiger partial charge on any atom is 0.321 e. The van der Waals surface area contributed by atoms with Gasteiger partial charge in [0.2, 0.25) is 0 Å². The molecule has 1 aromatic heterocycles. The smallest absolute Gasteiger partial charge is 0.321 e. The molecule has 2 amide bonds. The first-order valence-electron chi connectivity index (χ1n) is 7.27.